The van der Waals surface area contributed by atoms with Gasteiger partial charge in [0.25, 0.3) is 0 Å². The molecule has 0 aromatic heterocycles. The van der Waals surface area contributed by atoms with E-state index in [4.69, 9.17) is 4.74 Å². The highest BCUT2D eigenvalue weighted by Crippen LogP contribution is 2.66. The standard InChI is InChI=1S/C30H33BrN2O4.BrH/c1-32(25(35)11-6-18-4-8-21(31)9-5-18)22-12-13-30(36)24-16-20-7-10-23(34)27-26(20)29(30,28(22)37-27)14-15-33(24)17-19-2-3-19;/h4-11,19,22,24,28,34,36H,2-3,12-17H2,1H3;1H/t22-,24-,28+,29+,30-;/m1./s1. The van der Waals surface area contributed by atoms with Crippen LogP contribution in [-0.2, 0) is 16.6 Å². The zero-order valence-electron chi connectivity index (χ0n) is 21.5. The van der Waals surface area contributed by atoms with Crippen LogP contribution in [0.15, 0.2) is 46.9 Å². The maximum Gasteiger partial charge on any atom is 0.246 e. The third-order valence-corrected chi connectivity index (χ3v) is 10.4. The van der Waals surface area contributed by atoms with Crippen LogP contribution in [-0.4, -0.2) is 69.8 Å². The number of carbonyl (C=O) groups excluding carboxylic acids is 1. The Balaban J connectivity index is 0.00000264. The number of piperidine rings is 1. The maximum absolute atomic E-state index is 13.4. The number of likely N-dealkylation sites (tertiary alicyclic amines) is 1. The summed E-state index contributed by atoms with van der Waals surface area (Å²) in [5, 5.41) is 23.4. The van der Waals surface area contributed by atoms with Gasteiger partial charge in [0.05, 0.1) is 17.1 Å². The third kappa shape index (κ3) is 3.74. The number of likely N-dealkylation sites (N-methyl/N-ethyl adjacent to an activating group) is 1. The number of phenolic OH excluding ortho intramolecular Hbond substituents is 1. The summed E-state index contributed by atoms with van der Waals surface area (Å²) in [5.74, 6) is 1.32. The molecule has 2 aromatic carbocycles. The molecule has 202 valence electrons. The van der Waals surface area contributed by atoms with E-state index in [-0.39, 0.29) is 40.7 Å². The van der Waals surface area contributed by atoms with Gasteiger partial charge in [0.1, 0.15) is 6.10 Å². The minimum Gasteiger partial charge on any atom is -0.504 e. The number of nitrogens with zero attached hydrogens (tertiary/aromatic N) is 2. The number of ether oxygens (including phenoxy) is 1. The lowest BCUT2D eigenvalue weighted by Gasteiger charge is -2.64. The molecule has 0 radical (unpaired) electrons. The lowest BCUT2D eigenvalue weighted by Crippen LogP contribution is -2.78. The fraction of sp³-hybridized carbons (Fsp3) is 0.500. The second-order valence-corrected chi connectivity index (χ2v) is 12.6. The average molecular weight is 646 g/mol. The zero-order valence-corrected chi connectivity index (χ0v) is 24.8. The average Bonchev–Trinajstić information content (AvgIpc) is 3.63. The van der Waals surface area contributed by atoms with Crippen molar-refractivity contribution in [2.24, 2.45) is 5.92 Å². The first-order chi connectivity index (χ1) is 17.8. The molecule has 5 atom stereocenters. The molecule has 0 unspecified atom stereocenters. The summed E-state index contributed by atoms with van der Waals surface area (Å²) < 4.78 is 7.61. The summed E-state index contributed by atoms with van der Waals surface area (Å²) in [7, 11) is 1.84. The van der Waals surface area contributed by atoms with Crippen LogP contribution in [0.3, 0.4) is 0 Å². The summed E-state index contributed by atoms with van der Waals surface area (Å²) in [4.78, 5) is 17.7. The molecule has 5 aliphatic rings. The van der Waals surface area contributed by atoms with Crippen LogP contribution >= 0.6 is 32.9 Å². The van der Waals surface area contributed by atoms with Gasteiger partial charge in [-0.25, -0.2) is 0 Å². The summed E-state index contributed by atoms with van der Waals surface area (Å²) >= 11 is 3.45. The van der Waals surface area contributed by atoms with Gasteiger partial charge in [-0.2, -0.15) is 0 Å². The number of aromatic hydroxyl groups is 1. The molecule has 3 aliphatic carbocycles. The fourth-order valence-electron chi connectivity index (χ4n) is 7.87. The Morgan fingerprint density at radius 2 is 1.95 bits per heavy atom. The number of hydrogen-bond acceptors (Lipinski definition) is 5. The Kier molecular flexibility index (Phi) is 6.49. The zero-order chi connectivity index (χ0) is 25.5. The number of halogens is 2. The second-order valence-electron chi connectivity index (χ2n) is 11.7. The van der Waals surface area contributed by atoms with Crippen LogP contribution < -0.4 is 4.74 Å². The first-order valence-corrected chi connectivity index (χ1v) is 14.3. The molecule has 1 saturated heterocycles. The number of hydrogen-bond donors (Lipinski definition) is 2. The normalized spacial score (nSPS) is 32.9. The molecule has 1 spiro atoms. The molecule has 1 amide bonds. The number of carbonyl (C=O) groups is 1. The molecule has 2 heterocycles. The summed E-state index contributed by atoms with van der Waals surface area (Å²) in [6, 6.07) is 11.4. The van der Waals surface area contributed by atoms with Crippen molar-refractivity contribution in [3.05, 3.63) is 63.6 Å². The predicted octanol–water partition coefficient (Wildman–Crippen LogP) is 4.84. The number of rotatable bonds is 5. The van der Waals surface area contributed by atoms with Crippen molar-refractivity contribution in [1.82, 2.24) is 9.80 Å². The molecule has 2 saturated carbocycles. The van der Waals surface area contributed by atoms with E-state index >= 15 is 0 Å². The molecule has 2 aliphatic heterocycles. The Labute approximate surface area is 242 Å². The van der Waals surface area contributed by atoms with E-state index in [2.05, 4.69) is 20.8 Å². The minimum atomic E-state index is -0.940. The van der Waals surface area contributed by atoms with Crippen LogP contribution in [0.25, 0.3) is 6.08 Å². The van der Waals surface area contributed by atoms with Gasteiger partial charge in [0.15, 0.2) is 11.5 Å². The van der Waals surface area contributed by atoms with Crippen LogP contribution in [0.4, 0.5) is 0 Å². The summed E-state index contributed by atoms with van der Waals surface area (Å²) in [6.07, 6.45) is 8.47. The Morgan fingerprint density at radius 3 is 2.68 bits per heavy atom. The molecule has 2 aromatic rings. The Morgan fingerprint density at radius 1 is 1.18 bits per heavy atom. The lowest BCUT2D eigenvalue weighted by atomic mass is 9.48. The molecule has 6 nitrogen and oxygen atoms in total. The van der Waals surface area contributed by atoms with Crippen molar-refractivity contribution in [1.29, 1.82) is 0 Å². The number of phenols is 1. The summed E-state index contributed by atoms with van der Waals surface area (Å²) in [6.45, 7) is 1.96. The van der Waals surface area contributed by atoms with Crippen LogP contribution in [0, 0.1) is 5.92 Å². The van der Waals surface area contributed by atoms with Gasteiger partial charge in [-0.1, -0.05) is 34.1 Å². The fourth-order valence-corrected chi connectivity index (χ4v) is 8.14. The molecule has 2 N–H and O–H groups in total. The quantitative estimate of drug-likeness (QED) is 0.456. The van der Waals surface area contributed by atoms with Gasteiger partial charge in [0, 0.05) is 35.7 Å². The maximum atomic E-state index is 13.4. The highest BCUT2D eigenvalue weighted by atomic mass is 79.9. The lowest BCUT2D eigenvalue weighted by molar-refractivity contribution is -0.200. The molecule has 3 fully saturated rings. The van der Waals surface area contributed by atoms with Crippen molar-refractivity contribution in [2.45, 2.75) is 67.7 Å². The van der Waals surface area contributed by atoms with Crippen molar-refractivity contribution in [3.63, 3.8) is 0 Å². The van der Waals surface area contributed by atoms with Gasteiger partial charge in [0.2, 0.25) is 5.91 Å². The minimum absolute atomic E-state index is 0. The van der Waals surface area contributed by atoms with Gasteiger partial charge in [-0.15, -0.1) is 17.0 Å². The summed E-state index contributed by atoms with van der Waals surface area (Å²) in [5.41, 5.74) is 1.57. The largest absolute Gasteiger partial charge is 0.504 e. The van der Waals surface area contributed by atoms with Crippen molar-refractivity contribution >= 4 is 44.9 Å². The van der Waals surface area contributed by atoms with E-state index in [1.807, 2.05) is 43.5 Å². The molecule has 8 heteroatoms. The second kappa shape index (κ2) is 9.36. The van der Waals surface area contributed by atoms with Gasteiger partial charge in [-0.05, 0) is 86.4 Å². The van der Waals surface area contributed by atoms with E-state index < -0.39 is 17.1 Å². The monoisotopic (exact) mass is 644 g/mol. The van der Waals surface area contributed by atoms with Gasteiger partial charge < -0.3 is 19.8 Å². The van der Waals surface area contributed by atoms with Crippen LogP contribution in [0.1, 0.15) is 48.8 Å². The first kappa shape index (κ1) is 26.4. The van der Waals surface area contributed by atoms with Crippen molar-refractivity contribution < 1.29 is 19.7 Å². The predicted molar refractivity (Wildman–Crippen MR) is 155 cm³/mol. The van der Waals surface area contributed by atoms with Gasteiger partial charge >= 0.3 is 0 Å². The highest BCUT2D eigenvalue weighted by molar-refractivity contribution is 9.10. The molecular formula is C30H34Br2N2O4. The van der Waals surface area contributed by atoms with Crippen LogP contribution in [0.5, 0.6) is 11.5 Å². The van der Waals surface area contributed by atoms with E-state index in [9.17, 15) is 15.0 Å². The Bertz CT molecular complexity index is 1300. The topological polar surface area (TPSA) is 73.2 Å². The molecule has 2 bridgehead atoms. The van der Waals surface area contributed by atoms with Crippen LogP contribution in [0.2, 0.25) is 0 Å². The van der Waals surface area contributed by atoms with E-state index in [1.54, 1.807) is 17.0 Å². The number of aliphatic hydroxyl groups is 1. The van der Waals surface area contributed by atoms with E-state index in [0.717, 1.165) is 47.4 Å². The number of amides is 1. The smallest absolute Gasteiger partial charge is 0.246 e. The van der Waals surface area contributed by atoms with Crippen molar-refractivity contribution in [3.8, 4) is 11.5 Å². The molecular weight excluding hydrogens is 612 g/mol. The van der Waals surface area contributed by atoms with Crippen molar-refractivity contribution in [2.75, 3.05) is 20.1 Å². The molecule has 7 rings (SSSR count). The third-order valence-electron chi connectivity index (χ3n) is 9.86. The van der Waals surface area contributed by atoms with E-state index in [0.29, 0.717) is 18.6 Å². The first-order valence-electron chi connectivity index (χ1n) is 13.5. The SMILES string of the molecule is Br.CN(C(=O)C=Cc1ccc(Br)cc1)[C@@H]1CC[C@@]2(O)[C@H]3Cc4ccc(O)c5c4[C@@]2(CCN3CC2CC2)[C@H]1O5. The number of benzene rings is 2. The molecule has 38 heavy (non-hydrogen) atoms. The highest BCUT2D eigenvalue weighted by Gasteiger charge is 2.73. The van der Waals surface area contributed by atoms with E-state index in [1.165, 1.54) is 18.4 Å². The van der Waals surface area contributed by atoms with Gasteiger partial charge in [-0.3, -0.25) is 9.69 Å². The Hall–Kier alpha value is -1.87.